The molecular formula is C24H21ClFNO6. The van der Waals surface area contributed by atoms with Gasteiger partial charge in [0.05, 0.1) is 17.7 Å². The number of nitrogens with zero attached hydrogens (tertiary/aromatic N) is 1. The molecule has 0 amide bonds. The number of carbonyl (C=O) groups excluding carboxylic acids is 1. The van der Waals surface area contributed by atoms with Crippen molar-refractivity contribution in [3.63, 3.8) is 0 Å². The molecule has 0 saturated carbocycles. The fourth-order valence-electron chi connectivity index (χ4n) is 2.77. The van der Waals surface area contributed by atoms with Gasteiger partial charge >= 0.3 is 5.97 Å². The number of aromatic nitrogens is 1. The van der Waals surface area contributed by atoms with Crippen molar-refractivity contribution >= 4 is 23.4 Å². The quantitative estimate of drug-likeness (QED) is 0.440. The van der Waals surface area contributed by atoms with Gasteiger partial charge in [-0.25, -0.2) is 14.2 Å². The Kier molecular flexibility index (Phi) is 7.18. The highest BCUT2D eigenvalue weighted by molar-refractivity contribution is 6.31. The summed E-state index contributed by atoms with van der Waals surface area (Å²) in [4.78, 5) is 28.7. The molecule has 1 heterocycles. The van der Waals surface area contributed by atoms with Crippen LogP contribution in [0.25, 0.3) is 0 Å². The molecule has 9 heteroatoms. The van der Waals surface area contributed by atoms with Gasteiger partial charge in [0, 0.05) is 29.5 Å². The van der Waals surface area contributed by atoms with Gasteiger partial charge in [0.25, 0.3) is 0 Å². The zero-order chi connectivity index (χ0) is 24.2. The normalized spacial score (nSPS) is 11.1. The third kappa shape index (κ3) is 5.78. The molecule has 7 nitrogen and oxygen atoms in total. The van der Waals surface area contributed by atoms with E-state index < -0.39 is 23.2 Å². The Labute approximate surface area is 194 Å². The van der Waals surface area contributed by atoms with Crippen LogP contribution in [0, 0.1) is 5.82 Å². The van der Waals surface area contributed by atoms with Gasteiger partial charge in [-0.2, -0.15) is 0 Å². The van der Waals surface area contributed by atoms with Crippen LogP contribution in [0.5, 0.6) is 17.4 Å². The van der Waals surface area contributed by atoms with E-state index in [0.717, 1.165) is 0 Å². The number of methoxy groups -OCH3 is 1. The van der Waals surface area contributed by atoms with E-state index in [-0.39, 0.29) is 34.4 Å². The second-order valence-electron chi connectivity index (χ2n) is 7.52. The van der Waals surface area contributed by atoms with E-state index in [0.29, 0.717) is 11.3 Å². The van der Waals surface area contributed by atoms with Crippen LogP contribution in [0.4, 0.5) is 4.39 Å². The summed E-state index contributed by atoms with van der Waals surface area (Å²) in [7, 11) is 1.45. The second kappa shape index (κ2) is 9.87. The number of rotatable bonds is 9. The van der Waals surface area contributed by atoms with Gasteiger partial charge in [0.2, 0.25) is 5.88 Å². The van der Waals surface area contributed by atoms with Crippen LogP contribution in [-0.4, -0.2) is 34.6 Å². The molecule has 33 heavy (non-hydrogen) atoms. The van der Waals surface area contributed by atoms with Crippen LogP contribution in [-0.2, 0) is 11.4 Å². The number of ketones is 1. The third-order valence-electron chi connectivity index (χ3n) is 4.70. The Morgan fingerprint density at radius 3 is 2.48 bits per heavy atom. The van der Waals surface area contributed by atoms with Gasteiger partial charge in [-0.05, 0) is 44.2 Å². The fraction of sp³-hybridized carbons (Fsp3) is 0.208. The SMILES string of the molecule is COc1ccc(C(=O)c2ccc(OCc3ccc(F)cc3Cl)nc2)c(OC(C)(C)C(=O)O)c1. The van der Waals surface area contributed by atoms with Gasteiger partial charge in [-0.3, -0.25) is 4.79 Å². The van der Waals surface area contributed by atoms with Gasteiger partial charge in [0.1, 0.15) is 23.9 Å². The largest absolute Gasteiger partial charge is 0.497 e. The molecule has 0 aliphatic heterocycles. The van der Waals surface area contributed by atoms with Crippen molar-refractivity contribution in [1.82, 2.24) is 4.98 Å². The minimum atomic E-state index is -1.57. The number of hydrogen-bond acceptors (Lipinski definition) is 6. The topological polar surface area (TPSA) is 95.0 Å². The molecule has 0 unspecified atom stereocenters. The smallest absolute Gasteiger partial charge is 0.347 e. The molecule has 0 atom stereocenters. The lowest BCUT2D eigenvalue weighted by Gasteiger charge is -2.23. The zero-order valence-corrected chi connectivity index (χ0v) is 18.9. The van der Waals surface area contributed by atoms with Crippen molar-refractivity contribution in [3.8, 4) is 17.4 Å². The first-order valence-electron chi connectivity index (χ1n) is 9.78. The molecule has 0 bridgehead atoms. The van der Waals surface area contributed by atoms with Crippen molar-refractivity contribution in [1.29, 1.82) is 0 Å². The van der Waals surface area contributed by atoms with Crippen molar-refractivity contribution < 1.29 is 33.3 Å². The van der Waals surface area contributed by atoms with E-state index in [1.165, 1.54) is 69.6 Å². The minimum Gasteiger partial charge on any atom is -0.497 e. The number of pyridine rings is 1. The van der Waals surface area contributed by atoms with Crippen LogP contribution in [0.15, 0.2) is 54.7 Å². The van der Waals surface area contributed by atoms with E-state index in [9.17, 15) is 19.1 Å². The number of benzene rings is 2. The fourth-order valence-corrected chi connectivity index (χ4v) is 2.99. The number of carboxylic acids is 1. The Morgan fingerprint density at radius 1 is 1.12 bits per heavy atom. The Balaban J connectivity index is 1.80. The number of hydrogen-bond donors (Lipinski definition) is 1. The van der Waals surface area contributed by atoms with Crippen molar-refractivity contribution in [3.05, 3.63) is 82.3 Å². The highest BCUT2D eigenvalue weighted by atomic mass is 35.5. The molecule has 172 valence electrons. The average molecular weight is 474 g/mol. The first-order valence-corrected chi connectivity index (χ1v) is 10.2. The summed E-state index contributed by atoms with van der Waals surface area (Å²) in [5.74, 6) is -1.34. The molecule has 1 aromatic heterocycles. The molecule has 0 radical (unpaired) electrons. The lowest BCUT2D eigenvalue weighted by Crippen LogP contribution is -2.38. The molecular weight excluding hydrogens is 453 g/mol. The number of carbonyl (C=O) groups is 2. The molecule has 1 N–H and O–H groups in total. The second-order valence-corrected chi connectivity index (χ2v) is 7.93. The van der Waals surface area contributed by atoms with Gasteiger partial charge in [0.15, 0.2) is 11.4 Å². The van der Waals surface area contributed by atoms with E-state index in [1.54, 1.807) is 6.07 Å². The first kappa shape index (κ1) is 24.0. The zero-order valence-electron chi connectivity index (χ0n) is 18.1. The summed E-state index contributed by atoms with van der Waals surface area (Å²) in [6.45, 7) is 2.83. The van der Waals surface area contributed by atoms with E-state index >= 15 is 0 Å². The maximum absolute atomic E-state index is 13.2. The Morgan fingerprint density at radius 2 is 1.88 bits per heavy atom. The minimum absolute atomic E-state index is 0.0676. The molecule has 0 fully saturated rings. The van der Waals surface area contributed by atoms with Crippen molar-refractivity contribution in [2.45, 2.75) is 26.1 Å². The van der Waals surface area contributed by atoms with Gasteiger partial charge in [-0.1, -0.05) is 17.7 Å². The predicted octanol–water partition coefficient (Wildman–Crippen LogP) is 4.93. The summed E-state index contributed by atoms with van der Waals surface area (Å²) in [6.07, 6.45) is 1.33. The van der Waals surface area contributed by atoms with E-state index in [4.69, 9.17) is 25.8 Å². The number of aliphatic carboxylic acids is 1. The average Bonchev–Trinajstić information content (AvgIpc) is 2.78. The highest BCUT2D eigenvalue weighted by Crippen LogP contribution is 2.30. The molecule has 2 aromatic carbocycles. The summed E-state index contributed by atoms with van der Waals surface area (Å²) < 4.78 is 29.5. The number of ether oxygens (including phenoxy) is 3. The summed E-state index contributed by atoms with van der Waals surface area (Å²) in [5.41, 5.74) is -0.594. The van der Waals surface area contributed by atoms with Crippen molar-refractivity contribution in [2.24, 2.45) is 0 Å². The number of halogens is 2. The van der Waals surface area contributed by atoms with Crippen LogP contribution in [0.1, 0.15) is 35.3 Å². The molecule has 0 spiro atoms. The third-order valence-corrected chi connectivity index (χ3v) is 5.05. The lowest BCUT2D eigenvalue weighted by atomic mass is 10.0. The molecule has 3 rings (SSSR count). The maximum Gasteiger partial charge on any atom is 0.347 e. The summed E-state index contributed by atoms with van der Waals surface area (Å²) >= 11 is 5.99. The molecule has 3 aromatic rings. The molecule has 0 aliphatic rings. The van der Waals surface area contributed by atoms with Crippen molar-refractivity contribution in [2.75, 3.05) is 7.11 Å². The maximum atomic E-state index is 13.2. The standard InChI is InChI=1S/C24H21ClFNO6/c1-24(2,23(29)30)33-20-11-17(31-3)7-8-18(20)22(28)14-5-9-21(27-12-14)32-13-15-4-6-16(26)10-19(15)25/h4-12H,13H2,1-3H3,(H,29,30). The van der Waals surface area contributed by atoms with Gasteiger partial charge in [-0.15, -0.1) is 0 Å². The lowest BCUT2D eigenvalue weighted by molar-refractivity contribution is -0.152. The summed E-state index contributed by atoms with van der Waals surface area (Å²) in [6, 6.07) is 11.5. The summed E-state index contributed by atoms with van der Waals surface area (Å²) in [5, 5.41) is 9.61. The van der Waals surface area contributed by atoms with Crippen LogP contribution in [0.3, 0.4) is 0 Å². The highest BCUT2D eigenvalue weighted by Gasteiger charge is 2.31. The van der Waals surface area contributed by atoms with Gasteiger partial charge < -0.3 is 19.3 Å². The first-order chi connectivity index (χ1) is 15.6. The van der Waals surface area contributed by atoms with Crippen LogP contribution in [0.2, 0.25) is 5.02 Å². The van der Waals surface area contributed by atoms with Crippen LogP contribution >= 0.6 is 11.6 Å². The van der Waals surface area contributed by atoms with E-state index in [1.807, 2.05) is 0 Å². The molecule has 0 saturated heterocycles. The Hall–Kier alpha value is -3.65. The monoisotopic (exact) mass is 473 g/mol. The predicted molar refractivity (Wildman–Crippen MR) is 119 cm³/mol. The molecule has 0 aliphatic carbocycles. The number of carboxylic acid groups (broad SMARTS) is 1. The van der Waals surface area contributed by atoms with E-state index in [2.05, 4.69) is 4.98 Å². The van der Waals surface area contributed by atoms with Crippen LogP contribution < -0.4 is 14.2 Å². The Bertz CT molecular complexity index is 1180.